The standard InChI is InChI=1S/C18H14Cl2N4O6/c19-7-14-21-17(20)16-15-12(2-1-3-13(15)30-18(16)22-14)29-8-9-4-10(23(25)26)6-11(5-9)24(27)28/h4-6,12H,1-3,7-8H2. The summed E-state index contributed by atoms with van der Waals surface area (Å²) < 4.78 is 11.8. The molecule has 30 heavy (non-hydrogen) atoms. The minimum absolute atomic E-state index is 0.0580. The second kappa shape index (κ2) is 8.13. The zero-order chi connectivity index (χ0) is 21.4. The third-order valence-electron chi connectivity index (χ3n) is 4.81. The molecule has 4 rings (SSSR count). The number of nitro benzene ring substituents is 2. The molecule has 0 fully saturated rings. The van der Waals surface area contributed by atoms with E-state index < -0.39 is 16.0 Å². The number of rotatable bonds is 6. The lowest BCUT2D eigenvalue weighted by Crippen LogP contribution is -2.12. The number of furan rings is 1. The van der Waals surface area contributed by atoms with Crippen molar-refractivity contribution in [2.24, 2.45) is 0 Å². The van der Waals surface area contributed by atoms with Crippen LogP contribution in [0.15, 0.2) is 22.6 Å². The van der Waals surface area contributed by atoms with Crippen molar-refractivity contribution in [1.82, 2.24) is 9.97 Å². The van der Waals surface area contributed by atoms with Crippen LogP contribution in [0.3, 0.4) is 0 Å². The summed E-state index contributed by atoms with van der Waals surface area (Å²) in [6.45, 7) is -0.0580. The van der Waals surface area contributed by atoms with Gasteiger partial charge in [0, 0.05) is 24.1 Å². The molecule has 12 heteroatoms. The summed E-state index contributed by atoms with van der Waals surface area (Å²) in [4.78, 5) is 29.3. The van der Waals surface area contributed by atoms with Gasteiger partial charge in [-0.25, -0.2) is 4.98 Å². The van der Waals surface area contributed by atoms with Crippen LogP contribution in [0, 0.1) is 20.2 Å². The van der Waals surface area contributed by atoms with Gasteiger partial charge in [0.2, 0.25) is 5.71 Å². The number of alkyl halides is 1. The highest BCUT2D eigenvalue weighted by molar-refractivity contribution is 6.34. The van der Waals surface area contributed by atoms with Crippen LogP contribution < -0.4 is 0 Å². The quantitative estimate of drug-likeness (QED) is 0.220. The summed E-state index contributed by atoms with van der Waals surface area (Å²) in [5.41, 5.74) is 0.652. The van der Waals surface area contributed by atoms with Crippen molar-refractivity contribution < 1.29 is 19.0 Å². The second-order valence-corrected chi connectivity index (χ2v) is 7.37. The Kier molecular flexibility index (Phi) is 5.54. The Bertz CT molecular complexity index is 1130. The fourth-order valence-corrected chi connectivity index (χ4v) is 3.96. The van der Waals surface area contributed by atoms with Gasteiger partial charge in [-0.05, 0) is 18.4 Å². The molecule has 1 atom stereocenters. The molecular weight excluding hydrogens is 439 g/mol. The number of non-ortho nitro benzene ring substituents is 2. The molecule has 1 aliphatic rings. The minimum atomic E-state index is -0.676. The number of nitrogens with zero attached hydrogens (tertiary/aromatic N) is 4. The molecule has 0 saturated heterocycles. The molecule has 0 saturated carbocycles. The van der Waals surface area contributed by atoms with E-state index in [9.17, 15) is 20.2 Å². The van der Waals surface area contributed by atoms with E-state index in [-0.39, 0.29) is 29.0 Å². The molecule has 10 nitrogen and oxygen atoms in total. The van der Waals surface area contributed by atoms with E-state index in [0.29, 0.717) is 41.1 Å². The Labute approximate surface area is 179 Å². The maximum Gasteiger partial charge on any atom is 0.276 e. The summed E-state index contributed by atoms with van der Waals surface area (Å²) in [7, 11) is 0. The highest BCUT2D eigenvalue weighted by atomic mass is 35.5. The van der Waals surface area contributed by atoms with Crippen molar-refractivity contribution >= 4 is 45.7 Å². The van der Waals surface area contributed by atoms with Crippen LogP contribution in [-0.2, 0) is 23.6 Å². The molecule has 0 spiro atoms. The van der Waals surface area contributed by atoms with Gasteiger partial charge in [0.05, 0.1) is 39.9 Å². The number of ether oxygens (including phenoxy) is 1. The third kappa shape index (κ3) is 3.81. The molecule has 1 aromatic carbocycles. The zero-order valence-electron chi connectivity index (χ0n) is 15.3. The molecule has 2 heterocycles. The van der Waals surface area contributed by atoms with Crippen LogP contribution in [0.25, 0.3) is 11.1 Å². The zero-order valence-corrected chi connectivity index (χ0v) is 16.9. The second-order valence-electron chi connectivity index (χ2n) is 6.75. The maximum atomic E-state index is 11.1. The average Bonchev–Trinajstić information content (AvgIpc) is 3.11. The lowest BCUT2D eigenvalue weighted by molar-refractivity contribution is -0.394. The number of hydrogen-bond donors (Lipinski definition) is 0. The molecule has 3 aromatic rings. The van der Waals surface area contributed by atoms with E-state index in [0.717, 1.165) is 18.1 Å². The van der Waals surface area contributed by atoms with E-state index in [2.05, 4.69) is 9.97 Å². The molecule has 0 N–H and O–H groups in total. The Morgan fingerprint density at radius 2 is 1.87 bits per heavy atom. The van der Waals surface area contributed by atoms with E-state index in [4.69, 9.17) is 32.4 Å². The van der Waals surface area contributed by atoms with E-state index >= 15 is 0 Å². The summed E-state index contributed by atoms with van der Waals surface area (Å²) >= 11 is 12.1. The van der Waals surface area contributed by atoms with Gasteiger partial charge in [-0.1, -0.05) is 11.6 Å². The van der Waals surface area contributed by atoms with Crippen LogP contribution in [-0.4, -0.2) is 19.8 Å². The number of halogens is 2. The predicted molar refractivity (Wildman–Crippen MR) is 107 cm³/mol. The van der Waals surface area contributed by atoms with Gasteiger partial charge in [-0.15, -0.1) is 11.6 Å². The number of aromatic nitrogens is 2. The Balaban J connectivity index is 1.66. The molecule has 1 aliphatic carbocycles. The Morgan fingerprint density at radius 3 is 2.50 bits per heavy atom. The first-order valence-corrected chi connectivity index (χ1v) is 9.86. The molecule has 0 aliphatic heterocycles. The number of hydrogen-bond acceptors (Lipinski definition) is 8. The van der Waals surface area contributed by atoms with Gasteiger partial charge in [0.15, 0.2) is 0 Å². The molecule has 0 amide bonds. The summed E-state index contributed by atoms with van der Waals surface area (Å²) in [5, 5.41) is 22.9. The number of fused-ring (bicyclic) bond motifs is 3. The van der Waals surface area contributed by atoms with E-state index in [1.165, 1.54) is 12.1 Å². The van der Waals surface area contributed by atoms with Crippen molar-refractivity contribution in [2.45, 2.75) is 37.9 Å². The average molecular weight is 453 g/mol. The highest BCUT2D eigenvalue weighted by Crippen LogP contribution is 2.42. The molecule has 1 unspecified atom stereocenters. The normalized spacial score (nSPS) is 15.9. The lowest BCUT2D eigenvalue weighted by atomic mass is 9.93. The summed E-state index contributed by atoms with van der Waals surface area (Å²) in [5.74, 6) is 1.13. The van der Waals surface area contributed by atoms with Crippen molar-refractivity contribution in [2.75, 3.05) is 0 Å². The van der Waals surface area contributed by atoms with Gasteiger partial charge in [-0.2, -0.15) is 4.98 Å². The lowest BCUT2D eigenvalue weighted by Gasteiger charge is -2.22. The third-order valence-corrected chi connectivity index (χ3v) is 5.33. The first-order valence-electron chi connectivity index (χ1n) is 8.95. The number of benzene rings is 1. The number of aryl methyl sites for hydroxylation is 1. The maximum absolute atomic E-state index is 11.1. The van der Waals surface area contributed by atoms with Gasteiger partial charge >= 0.3 is 0 Å². The fourth-order valence-electron chi connectivity index (χ4n) is 3.56. The molecular formula is C18H14Cl2N4O6. The fraction of sp³-hybridized carbons (Fsp3) is 0.333. The molecule has 2 aromatic heterocycles. The van der Waals surface area contributed by atoms with E-state index in [1.807, 2.05) is 0 Å². The monoisotopic (exact) mass is 452 g/mol. The van der Waals surface area contributed by atoms with Crippen molar-refractivity contribution in [1.29, 1.82) is 0 Å². The Hall–Kier alpha value is -2.82. The van der Waals surface area contributed by atoms with Gasteiger partial charge in [0.25, 0.3) is 11.4 Å². The number of nitro groups is 2. The topological polar surface area (TPSA) is 134 Å². The van der Waals surface area contributed by atoms with Crippen molar-refractivity contribution in [3.05, 3.63) is 66.3 Å². The van der Waals surface area contributed by atoms with Gasteiger partial charge < -0.3 is 9.15 Å². The first kappa shape index (κ1) is 20.5. The van der Waals surface area contributed by atoms with Gasteiger partial charge in [0.1, 0.15) is 16.7 Å². The SMILES string of the molecule is O=[N+]([O-])c1cc(COC2CCCc3oc4nc(CCl)nc(Cl)c4c32)cc([N+](=O)[O-])c1. The Morgan fingerprint density at radius 1 is 1.17 bits per heavy atom. The van der Waals surface area contributed by atoms with Crippen LogP contribution in [0.4, 0.5) is 11.4 Å². The predicted octanol–water partition coefficient (Wildman–Crippen LogP) is 5.03. The van der Waals surface area contributed by atoms with Crippen LogP contribution in [0.2, 0.25) is 5.15 Å². The van der Waals surface area contributed by atoms with E-state index in [1.54, 1.807) is 0 Å². The van der Waals surface area contributed by atoms with Gasteiger partial charge in [-0.3, -0.25) is 20.2 Å². The van der Waals surface area contributed by atoms with Crippen LogP contribution in [0.5, 0.6) is 0 Å². The van der Waals surface area contributed by atoms with Crippen LogP contribution >= 0.6 is 23.2 Å². The highest BCUT2D eigenvalue weighted by Gasteiger charge is 2.30. The molecule has 0 radical (unpaired) electrons. The van der Waals surface area contributed by atoms with Crippen molar-refractivity contribution in [3.63, 3.8) is 0 Å². The smallest absolute Gasteiger partial charge is 0.276 e. The summed E-state index contributed by atoms with van der Waals surface area (Å²) in [6.07, 6.45) is 1.71. The first-order chi connectivity index (χ1) is 14.4. The van der Waals surface area contributed by atoms with Crippen LogP contribution in [0.1, 0.15) is 41.7 Å². The summed E-state index contributed by atoms with van der Waals surface area (Å²) in [6, 6.07) is 3.43. The minimum Gasteiger partial charge on any atom is -0.442 e. The molecule has 0 bridgehead atoms. The molecule has 156 valence electrons. The largest absolute Gasteiger partial charge is 0.442 e. The van der Waals surface area contributed by atoms with Crippen molar-refractivity contribution in [3.8, 4) is 0 Å².